The fourth-order valence-corrected chi connectivity index (χ4v) is 3.04. The number of aliphatic hydroxyl groups excluding tert-OH is 1. The average Bonchev–Trinajstić information content (AvgIpc) is 2.43. The maximum absolute atomic E-state index is 9.20. The van der Waals surface area contributed by atoms with Crippen LogP contribution in [0.2, 0.25) is 0 Å². The van der Waals surface area contributed by atoms with Gasteiger partial charge in [-0.15, -0.1) is 0 Å². The summed E-state index contributed by atoms with van der Waals surface area (Å²) in [6.07, 6.45) is 4.64. The Morgan fingerprint density at radius 3 is 2.39 bits per heavy atom. The lowest BCUT2D eigenvalue weighted by Gasteiger charge is -2.41. The second kappa shape index (κ2) is 6.35. The number of likely N-dealkylation sites (tertiary alicyclic amines) is 1. The molecule has 0 radical (unpaired) electrons. The molecule has 0 saturated carbocycles. The molecule has 2 rings (SSSR count). The van der Waals surface area contributed by atoms with Crippen LogP contribution < -0.4 is 0 Å². The van der Waals surface area contributed by atoms with Gasteiger partial charge in [0.15, 0.2) is 0 Å². The summed E-state index contributed by atoms with van der Waals surface area (Å²) in [5.74, 6) is 0. The summed E-state index contributed by atoms with van der Waals surface area (Å²) in [5.41, 5.74) is 1.81. The Morgan fingerprint density at radius 1 is 1.17 bits per heavy atom. The van der Waals surface area contributed by atoms with E-state index in [0.717, 1.165) is 13.0 Å². The molecule has 2 nitrogen and oxygen atoms in total. The lowest BCUT2D eigenvalue weighted by atomic mass is 9.74. The first-order chi connectivity index (χ1) is 8.78. The van der Waals surface area contributed by atoms with E-state index in [9.17, 15) is 5.11 Å². The zero-order valence-electron chi connectivity index (χ0n) is 11.4. The van der Waals surface area contributed by atoms with E-state index >= 15 is 0 Å². The minimum absolute atomic E-state index is 0.340. The Hall–Kier alpha value is -0.860. The van der Waals surface area contributed by atoms with Gasteiger partial charge < -0.3 is 5.11 Å². The van der Waals surface area contributed by atoms with Crippen molar-refractivity contribution < 1.29 is 5.11 Å². The van der Waals surface area contributed by atoms with Gasteiger partial charge in [0.25, 0.3) is 0 Å². The van der Waals surface area contributed by atoms with Crippen molar-refractivity contribution in [2.75, 3.05) is 19.7 Å². The fraction of sp³-hybridized carbons (Fsp3) is 0.625. The van der Waals surface area contributed by atoms with Crippen LogP contribution in [0.15, 0.2) is 30.3 Å². The quantitative estimate of drug-likeness (QED) is 0.864. The molecule has 18 heavy (non-hydrogen) atoms. The summed E-state index contributed by atoms with van der Waals surface area (Å²) in [5, 5.41) is 9.20. The number of hydrogen-bond acceptors (Lipinski definition) is 2. The number of nitrogens with zero attached hydrogens (tertiary/aromatic N) is 1. The predicted octanol–water partition coefficient (Wildman–Crippen LogP) is 3.06. The molecule has 0 bridgehead atoms. The predicted molar refractivity (Wildman–Crippen MR) is 75.4 cm³/mol. The van der Waals surface area contributed by atoms with Gasteiger partial charge in [-0.1, -0.05) is 43.7 Å². The molecule has 0 unspecified atom stereocenters. The van der Waals surface area contributed by atoms with E-state index in [0.29, 0.717) is 12.0 Å². The van der Waals surface area contributed by atoms with Crippen molar-refractivity contribution in [3.63, 3.8) is 0 Å². The standard InChI is InChI=1S/C16H25NO/c1-2-16(10-13-18)8-11-17(12-9-16)14-15-6-4-3-5-7-15/h3-7,18H,2,8-14H2,1H3. The second-order valence-corrected chi connectivity index (χ2v) is 5.59. The summed E-state index contributed by atoms with van der Waals surface area (Å²) in [6.45, 7) is 6.01. The third-order valence-corrected chi connectivity index (χ3v) is 4.56. The van der Waals surface area contributed by atoms with Crippen LogP contribution in [0.1, 0.15) is 38.2 Å². The second-order valence-electron chi connectivity index (χ2n) is 5.59. The van der Waals surface area contributed by atoms with Gasteiger partial charge in [-0.25, -0.2) is 0 Å². The summed E-state index contributed by atoms with van der Waals surface area (Å²) >= 11 is 0. The van der Waals surface area contributed by atoms with Crippen LogP contribution >= 0.6 is 0 Å². The van der Waals surface area contributed by atoms with Crippen molar-refractivity contribution >= 4 is 0 Å². The largest absolute Gasteiger partial charge is 0.396 e. The van der Waals surface area contributed by atoms with Gasteiger partial charge in [0.05, 0.1) is 0 Å². The number of hydrogen-bond donors (Lipinski definition) is 1. The van der Waals surface area contributed by atoms with Gasteiger partial charge in [-0.3, -0.25) is 4.90 Å². The molecule has 1 aromatic carbocycles. The zero-order valence-corrected chi connectivity index (χ0v) is 11.4. The van der Waals surface area contributed by atoms with E-state index in [-0.39, 0.29) is 0 Å². The molecule has 1 N–H and O–H groups in total. The smallest absolute Gasteiger partial charge is 0.0436 e. The Bertz CT molecular complexity index is 341. The average molecular weight is 247 g/mol. The van der Waals surface area contributed by atoms with Crippen LogP contribution in [0.25, 0.3) is 0 Å². The van der Waals surface area contributed by atoms with Crippen molar-refractivity contribution in [3.05, 3.63) is 35.9 Å². The van der Waals surface area contributed by atoms with E-state index in [4.69, 9.17) is 0 Å². The summed E-state index contributed by atoms with van der Waals surface area (Å²) in [7, 11) is 0. The Kier molecular flexibility index (Phi) is 4.79. The van der Waals surface area contributed by atoms with Crippen molar-refractivity contribution in [3.8, 4) is 0 Å². The molecule has 1 aliphatic heterocycles. The minimum Gasteiger partial charge on any atom is -0.396 e. The Balaban J connectivity index is 1.86. The van der Waals surface area contributed by atoms with Gasteiger partial charge in [0.2, 0.25) is 0 Å². The van der Waals surface area contributed by atoms with Gasteiger partial charge in [0, 0.05) is 13.2 Å². The molecule has 0 aliphatic carbocycles. The molecule has 1 aliphatic rings. The molecule has 2 heteroatoms. The highest BCUT2D eigenvalue weighted by Crippen LogP contribution is 2.38. The fourth-order valence-electron chi connectivity index (χ4n) is 3.04. The zero-order chi connectivity index (χ0) is 12.8. The molecule has 0 aromatic heterocycles. The third kappa shape index (κ3) is 3.33. The summed E-state index contributed by atoms with van der Waals surface area (Å²) < 4.78 is 0. The molecule has 0 spiro atoms. The van der Waals surface area contributed by atoms with E-state index in [2.05, 4.69) is 42.2 Å². The molecule has 0 atom stereocenters. The first-order valence-corrected chi connectivity index (χ1v) is 7.15. The van der Waals surface area contributed by atoms with Crippen LogP contribution in [0, 0.1) is 5.41 Å². The van der Waals surface area contributed by atoms with Crippen molar-refractivity contribution in [2.24, 2.45) is 5.41 Å². The maximum Gasteiger partial charge on any atom is 0.0436 e. The van der Waals surface area contributed by atoms with Gasteiger partial charge in [0.1, 0.15) is 0 Å². The van der Waals surface area contributed by atoms with Crippen LogP contribution in [0.5, 0.6) is 0 Å². The molecule has 1 aromatic rings. The van der Waals surface area contributed by atoms with Crippen molar-refractivity contribution in [1.29, 1.82) is 0 Å². The highest BCUT2D eigenvalue weighted by Gasteiger charge is 2.32. The minimum atomic E-state index is 0.340. The van der Waals surface area contributed by atoms with Crippen LogP contribution in [-0.4, -0.2) is 29.7 Å². The van der Waals surface area contributed by atoms with Gasteiger partial charge in [-0.05, 0) is 43.3 Å². The number of piperidine rings is 1. The third-order valence-electron chi connectivity index (χ3n) is 4.56. The highest BCUT2D eigenvalue weighted by molar-refractivity contribution is 5.14. The van der Waals surface area contributed by atoms with Crippen LogP contribution in [-0.2, 0) is 6.54 Å². The lowest BCUT2D eigenvalue weighted by Crippen LogP contribution is -2.39. The van der Waals surface area contributed by atoms with Gasteiger partial charge in [-0.2, -0.15) is 0 Å². The topological polar surface area (TPSA) is 23.5 Å². The normalized spacial score (nSPS) is 19.9. The number of rotatable bonds is 5. The monoisotopic (exact) mass is 247 g/mol. The summed E-state index contributed by atoms with van der Waals surface area (Å²) in [4.78, 5) is 2.54. The first kappa shape index (κ1) is 13.6. The van der Waals surface area contributed by atoms with Crippen LogP contribution in [0.3, 0.4) is 0 Å². The number of aliphatic hydroxyl groups is 1. The number of benzene rings is 1. The molecule has 1 heterocycles. The molecule has 100 valence electrons. The van der Waals surface area contributed by atoms with Crippen LogP contribution in [0.4, 0.5) is 0 Å². The van der Waals surface area contributed by atoms with E-state index in [1.54, 1.807) is 0 Å². The molecular formula is C16H25NO. The SMILES string of the molecule is CCC1(CCO)CCN(Cc2ccccc2)CC1. The van der Waals surface area contributed by atoms with Crippen molar-refractivity contribution in [1.82, 2.24) is 4.90 Å². The molecular weight excluding hydrogens is 222 g/mol. The van der Waals surface area contributed by atoms with Gasteiger partial charge >= 0.3 is 0 Å². The van der Waals surface area contributed by atoms with Crippen molar-refractivity contribution in [2.45, 2.75) is 39.2 Å². The summed E-state index contributed by atoms with van der Waals surface area (Å²) in [6, 6.07) is 10.7. The van der Waals surface area contributed by atoms with E-state index in [1.165, 1.54) is 37.9 Å². The highest BCUT2D eigenvalue weighted by atomic mass is 16.3. The maximum atomic E-state index is 9.20. The Morgan fingerprint density at radius 2 is 1.83 bits per heavy atom. The first-order valence-electron chi connectivity index (χ1n) is 7.15. The Labute approximate surface area is 111 Å². The van der Waals surface area contributed by atoms with E-state index in [1.807, 2.05) is 0 Å². The molecule has 0 amide bonds. The van der Waals surface area contributed by atoms with E-state index < -0.39 is 0 Å². The molecule has 1 saturated heterocycles. The lowest BCUT2D eigenvalue weighted by molar-refractivity contribution is 0.0687. The molecule has 1 fully saturated rings.